The SMILES string of the molecule is N#CCOc1ccc2c(C(=O)OCCCCl)c3ccccc3n2c1. The van der Waals surface area contributed by atoms with E-state index in [1.807, 2.05) is 34.7 Å². The van der Waals surface area contributed by atoms with Crippen LogP contribution in [0.1, 0.15) is 16.8 Å². The summed E-state index contributed by atoms with van der Waals surface area (Å²) in [6.45, 7) is 0.259. The second-order valence-corrected chi connectivity index (χ2v) is 5.52. The maximum absolute atomic E-state index is 12.5. The van der Waals surface area contributed by atoms with Gasteiger partial charge in [-0.2, -0.15) is 5.26 Å². The van der Waals surface area contributed by atoms with Crippen LogP contribution in [0.3, 0.4) is 0 Å². The smallest absolute Gasteiger partial charge is 0.340 e. The average Bonchev–Trinajstić information content (AvgIpc) is 2.94. The Kier molecular flexibility index (Phi) is 4.88. The number of hydrogen-bond acceptors (Lipinski definition) is 4. The summed E-state index contributed by atoms with van der Waals surface area (Å²) in [7, 11) is 0. The molecule has 0 spiro atoms. The lowest BCUT2D eigenvalue weighted by molar-refractivity contribution is 0.0510. The topological polar surface area (TPSA) is 63.7 Å². The molecule has 2 heterocycles. The molecular formula is C18H15ClN2O3. The zero-order chi connectivity index (χ0) is 16.9. The number of hydrogen-bond donors (Lipinski definition) is 0. The molecule has 24 heavy (non-hydrogen) atoms. The van der Waals surface area contributed by atoms with Gasteiger partial charge >= 0.3 is 5.97 Å². The van der Waals surface area contributed by atoms with Crippen LogP contribution in [0.2, 0.25) is 0 Å². The Labute approximate surface area is 144 Å². The number of alkyl halides is 1. The largest absolute Gasteiger partial charge is 0.477 e. The molecule has 3 aromatic rings. The molecule has 3 rings (SSSR count). The molecule has 0 atom stereocenters. The Morgan fingerprint density at radius 1 is 1.21 bits per heavy atom. The van der Waals surface area contributed by atoms with E-state index in [0.717, 1.165) is 16.4 Å². The molecule has 5 nitrogen and oxygen atoms in total. The summed E-state index contributed by atoms with van der Waals surface area (Å²) >= 11 is 5.63. The van der Waals surface area contributed by atoms with Crippen molar-refractivity contribution in [2.45, 2.75) is 6.42 Å². The Balaban J connectivity index is 2.09. The van der Waals surface area contributed by atoms with Gasteiger partial charge in [-0.25, -0.2) is 4.79 Å². The summed E-state index contributed by atoms with van der Waals surface area (Å²) < 4.78 is 12.6. The van der Waals surface area contributed by atoms with Gasteiger partial charge in [-0.3, -0.25) is 0 Å². The summed E-state index contributed by atoms with van der Waals surface area (Å²) in [4.78, 5) is 12.5. The summed E-state index contributed by atoms with van der Waals surface area (Å²) in [5.74, 6) is 0.640. The minimum Gasteiger partial charge on any atom is -0.477 e. The first-order valence-electron chi connectivity index (χ1n) is 7.52. The molecule has 0 fully saturated rings. The van der Waals surface area contributed by atoms with Crippen LogP contribution in [0.15, 0.2) is 42.6 Å². The number of para-hydroxylation sites is 1. The lowest BCUT2D eigenvalue weighted by Gasteiger charge is -2.05. The molecule has 0 aliphatic carbocycles. The van der Waals surface area contributed by atoms with Crippen LogP contribution in [0.25, 0.3) is 16.4 Å². The second-order valence-electron chi connectivity index (χ2n) is 5.14. The van der Waals surface area contributed by atoms with Gasteiger partial charge in [0.25, 0.3) is 0 Å². The van der Waals surface area contributed by atoms with E-state index in [9.17, 15) is 4.79 Å². The lowest BCUT2D eigenvalue weighted by Crippen LogP contribution is -2.07. The Morgan fingerprint density at radius 2 is 2.04 bits per heavy atom. The standard InChI is InChI=1S/C18H15ClN2O3/c19-8-3-10-24-18(22)17-14-4-1-2-5-15(14)21-12-13(23-11-9-20)6-7-16(17)21/h1-2,4-7,12H,3,8,10-11H2. The minimum atomic E-state index is -0.371. The van der Waals surface area contributed by atoms with Crippen LogP contribution >= 0.6 is 11.6 Å². The van der Waals surface area contributed by atoms with Gasteiger partial charge in [0, 0.05) is 11.3 Å². The minimum absolute atomic E-state index is 0.0297. The molecule has 1 aromatic carbocycles. The molecule has 2 aromatic heterocycles. The van der Waals surface area contributed by atoms with Crippen LogP contribution in [-0.2, 0) is 4.74 Å². The third-order valence-electron chi connectivity index (χ3n) is 3.63. The number of ether oxygens (including phenoxy) is 2. The van der Waals surface area contributed by atoms with Crippen LogP contribution in [0, 0.1) is 11.3 Å². The van der Waals surface area contributed by atoms with E-state index in [1.165, 1.54) is 0 Å². The number of aromatic nitrogens is 1. The van der Waals surface area contributed by atoms with E-state index in [2.05, 4.69) is 0 Å². The van der Waals surface area contributed by atoms with Crippen molar-refractivity contribution in [2.75, 3.05) is 19.1 Å². The number of carbonyl (C=O) groups is 1. The molecule has 0 amide bonds. The van der Waals surface area contributed by atoms with Gasteiger partial charge < -0.3 is 13.9 Å². The van der Waals surface area contributed by atoms with Crippen molar-refractivity contribution in [1.29, 1.82) is 5.26 Å². The van der Waals surface area contributed by atoms with Crippen LogP contribution in [-0.4, -0.2) is 29.5 Å². The van der Waals surface area contributed by atoms with Crippen molar-refractivity contribution in [2.24, 2.45) is 0 Å². The number of benzene rings is 1. The summed E-state index contributed by atoms with van der Waals surface area (Å²) in [5, 5.41) is 9.45. The van der Waals surface area contributed by atoms with Gasteiger partial charge in [-0.15, -0.1) is 11.6 Å². The number of pyridine rings is 1. The Hall–Kier alpha value is -2.71. The molecule has 0 aliphatic rings. The molecule has 0 saturated heterocycles. The fourth-order valence-corrected chi connectivity index (χ4v) is 2.73. The highest BCUT2D eigenvalue weighted by molar-refractivity contribution is 6.17. The van der Waals surface area contributed by atoms with Gasteiger partial charge in [-0.05, 0) is 24.6 Å². The van der Waals surface area contributed by atoms with Crippen molar-refractivity contribution in [3.8, 4) is 11.8 Å². The van der Waals surface area contributed by atoms with Gasteiger partial charge in [0.15, 0.2) is 6.61 Å². The molecule has 6 heteroatoms. The zero-order valence-electron chi connectivity index (χ0n) is 12.9. The quantitative estimate of drug-likeness (QED) is 0.388. The molecule has 0 radical (unpaired) electrons. The van der Waals surface area contributed by atoms with Gasteiger partial charge in [-0.1, -0.05) is 18.2 Å². The van der Waals surface area contributed by atoms with E-state index < -0.39 is 0 Å². The van der Waals surface area contributed by atoms with Crippen molar-refractivity contribution in [3.63, 3.8) is 0 Å². The fourth-order valence-electron chi connectivity index (χ4n) is 2.62. The maximum Gasteiger partial charge on any atom is 0.340 e. The maximum atomic E-state index is 12.5. The van der Waals surface area contributed by atoms with E-state index >= 15 is 0 Å². The Morgan fingerprint density at radius 3 is 2.83 bits per heavy atom. The van der Waals surface area contributed by atoms with Crippen molar-refractivity contribution in [1.82, 2.24) is 4.40 Å². The van der Waals surface area contributed by atoms with Crippen molar-refractivity contribution < 1.29 is 14.3 Å². The normalized spacial score (nSPS) is 10.7. The van der Waals surface area contributed by atoms with Crippen LogP contribution in [0.5, 0.6) is 5.75 Å². The summed E-state index contributed by atoms with van der Waals surface area (Å²) in [6.07, 6.45) is 2.38. The number of rotatable bonds is 6. The molecule has 0 aliphatic heterocycles. The Bertz CT molecular complexity index is 927. The molecule has 0 unspecified atom stereocenters. The summed E-state index contributed by atoms with van der Waals surface area (Å²) in [6, 6.07) is 13.1. The van der Waals surface area contributed by atoms with E-state index in [-0.39, 0.29) is 19.2 Å². The van der Waals surface area contributed by atoms with Gasteiger partial charge in [0.05, 0.1) is 29.4 Å². The predicted octanol–water partition coefficient (Wildman–Crippen LogP) is 3.78. The predicted molar refractivity (Wildman–Crippen MR) is 91.6 cm³/mol. The monoisotopic (exact) mass is 342 g/mol. The average molecular weight is 343 g/mol. The molecule has 0 N–H and O–H groups in total. The zero-order valence-corrected chi connectivity index (χ0v) is 13.6. The van der Waals surface area contributed by atoms with Crippen molar-refractivity contribution in [3.05, 3.63) is 48.2 Å². The molecule has 122 valence electrons. The fraction of sp³-hybridized carbons (Fsp3) is 0.222. The second kappa shape index (κ2) is 7.24. The number of carbonyl (C=O) groups excluding carboxylic acids is 1. The van der Waals surface area contributed by atoms with Crippen LogP contribution in [0.4, 0.5) is 0 Å². The number of nitriles is 1. The van der Waals surface area contributed by atoms with Gasteiger partial charge in [0.1, 0.15) is 11.8 Å². The first-order valence-corrected chi connectivity index (χ1v) is 8.05. The third kappa shape index (κ3) is 3.01. The van der Waals surface area contributed by atoms with E-state index in [0.29, 0.717) is 23.6 Å². The van der Waals surface area contributed by atoms with Crippen molar-refractivity contribution >= 4 is 34.0 Å². The number of halogens is 1. The number of esters is 1. The highest BCUT2D eigenvalue weighted by Gasteiger charge is 2.19. The van der Waals surface area contributed by atoms with E-state index in [4.69, 9.17) is 26.3 Å². The molecule has 0 saturated carbocycles. The van der Waals surface area contributed by atoms with Crippen LogP contribution < -0.4 is 4.74 Å². The summed E-state index contributed by atoms with van der Waals surface area (Å²) in [5.41, 5.74) is 2.13. The molecular weight excluding hydrogens is 328 g/mol. The lowest BCUT2D eigenvalue weighted by atomic mass is 10.1. The first kappa shape index (κ1) is 16.2. The highest BCUT2D eigenvalue weighted by Crippen LogP contribution is 2.29. The van der Waals surface area contributed by atoms with E-state index in [1.54, 1.807) is 18.3 Å². The number of fused-ring (bicyclic) bond motifs is 3. The number of nitrogens with zero attached hydrogens (tertiary/aromatic N) is 2. The highest BCUT2D eigenvalue weighted by atomic mass is 35.5. The first-order chi connectivity index (χ1) is 11.8. The van der Waals surface area contributed by atoms with Gasteiger partial charge in [0.2, 0.25) is 0 Å². The third-order valence-corrected chi connectivity index (χ3v) is 3.90. The molecule has 0 bridgehead atoms.